The molecule has 148 valence electrons. The van der Waals surface area contributed by atoms with E-state index in [1.807, 2.05) is 44.4 Å². The van der Waals surface area contributed by atoms with Crippen LogP contribution >= 0.6 is 11.3 Å². The highest BCUT2D eigenvalue weighted by atomic mass is 32.2. The lowest BCUT2D eigenvalue weighted by Gasteiger charge is -2.20. The number of carbonyl (C=O) groups is 1. The fourth-order valence-electron chi connectivity index (χ4n) is 2.77. The number of rotatable bonds is 7. The Labute approximate surface area is 169 Å². The first-order chi connectivity index (χ1) is 13.2. The van der Waals surface area contributed by atoms with E-state index in [1.165, 1.54) is 22.5 Å². The van der Waals surface area contributed by atoms with E-state index < -0.39 is 9.84 Å². The van der Waals surface area contributed by atoms with Gasteiger partial charge in [0.2, 0.25) is 5.91 Å². The van der Waals surface area contributed by atoms with Gasteiger partial charge in [-0.15, -0.1) is 0 Å². The minimum Gasteiger partial charge on any atom is -0.338 e. The van der Waals surface area contributed by atoms with Crippen molar-refractivity contribution >= 4 is 42.4 Å². The number of aromatic nitrogens is 1. The molecule has 0 radical (unpaired) electrons. The maximum Gasteiger partial charge on any atom is 0.233 e. The Morgan fingerprint density at radius 1 is 1.14 bits per heavy atom. The Kier molecular flexibility index (Phi) is 6.12. The first-order valence-electron chi connectivity index (χ1n) is 8.98. The van der Waals surface area contributed by atoms with Gasteiger partial charge in [-0.1, -0.05) is 41.7 Å². The van der Waals surface area contributed by atoms with Crippen molar-refractivity contribution in [3.05, 3.63) is 54.1 Å². The Balaban J connectivity index is 1.93. The number of thiazole rings is 1. The molecule has 6 nitrogen and oxygen atoms in total. The van der Waals surface area contributed by atoms with Gasteiger partial charge in [-0.3, -0.25) is 9.69 Å². The highest BCUT2D eigenvalue weighted by Gasteiger charge is 2.21. The van der Waals surface area contributed by atoms with Crippen LogP contribution in [0.4, 0.5) is 5.13 Å². The zero-order chi connectivity index (χ0) is 20.3. The molecule has 0 aliphatic heterocycles. The average Bonchev–Trinajstić information content (AvgIpc) is 3.04. The van der Waals surface area contributed by atoms with Gasteiger partial charge in [0.1, 0.15) is 0 Å². The molecule has 3 rings (SSSR count). The van der Waals surface area contributed by atoms with Crippen LogP contribution in [0.3, 0.4) is 0 Å². The predicted molar refractivity (Wildman–Crippen MR) is 113 cm³/mol. The molecule has 28 heavy (non-hydrogen) atoms. The highest BCUT2D eigenvalue weighted by Crippen LogP contribution is 2.31. The van der Waals surface area contributed by atoms with Crippen LogP contribution in [0.1, 0.15) is 5.56 Å². The summed E-state index contributed by atoms with van der Waals surface area (Å²) in [7, 11) is 0.788. The summed E-state index contributed by atoms with van der Waals surface area (Å²) in [4.78, 5) is 20.8. The zero-order valence-electron chi connectivity index (χ0n) is 16.2. The average molecular weight is 419 g/mol. The minimum atomic E-state index is -3.29. The molecular formula is C20H24N3O3S2+. The molecule has 1 heterocycles. The van der Waals surface area contributed by atoms with Gasteiger partial charge >= 0.3 is 0 Å². The molecule has 0 bridgehead atoms. The quantitative estimate of drug-likeness (QED) is 0.630. The van der Waals surface area contributed by atoms with Crippen molar-refractivity contribution in [1.29, 1.82) is 0 Å². The molecule has 1 amide bonds. The maximum absolute atomic E-state index is 13.0. The normalized spacial score (nSPS) is 11.9. The topological polar surface area (TPSA) is 71.8 Å². The van der Waals surface area contributed by atoms with Gasteiger partial charge < -0.3 is 4.90 Å². The van der Waals surface area contributed by atoms with E-state index in [4.69, 9.17) is 0 Å². The summed E-state index contributed by atoms with van der Waals surface area (Å²) in [6.07, 6.45) is 1.49. The first-order valence-corrected chi connectivity index (χ1v) is 11.7. The van der Waals surface area contributed by atoms with Crippen molar-refractivity contribution in [3.63, 3.8) is 0 Å². The van der Waals surface area contributed by atoms with Crippen molar-refractivity contribution in [2.45, 2.75) is 11.3 Å². The molecule has 0 unspecified atom stereocenters. The molecule has 0 aliphatic carbocycles. The SMILES string of the molecule is C[NH+](C)CCN(C(=O)Cc1ccccc1)c1nc2ccc(S(C)(=O)=O)cc2s1. The Morgan fingerprint density at radius 2 is 1.86 bits per heavy atom. The van der Waals surface area contributed by atoms with Crippen molar-refractivity contribution in [3.8, 4) is 0 Å². The molecule has 8 heteroatoms. The number of fused-ring (bicyclic) bond motifs is 1. The third kappa shape index (κ3) is 4.95. The largest absolute Gasteiger partial charge is 0.338 e. The van der Waals surface area contributed by atoms with Crippen LogP contribution in [0.5, 0.6) is 0 Å². The van der Waals surface area contributed by atoms with Crippen molar-refractivity contribution < 1.29 is 18.1 Å². The highest BCUT2D eigenvalue weighted by molar-refractivity contribution is 7.90. The lowest BCUT2D eigenvalue weighted by molar-refractivity contribution is -0.856. The number of benzene rings is 2. The van der Waals surface area contributed by atoms with Crippen LogP contribution in [0.2, 0.25) is 0 Å². The van der Waals surface area contributed by atoms with E-state index in [-0.39, 0.29) is 10.8 Å². The van der Waals surface area contributed by atoms with Gasteiger partial charge in [-0.25, -0.2) is 13.4 Å². The summed E-state index contributed by atoms with van der Waals surface area (Å²) in [6, 6.07) is 14.5. The van der Waals surface area contributed by atoms with Crippen molar-refractivity contribution in [2.75, 3.05) is 38.3 Å². The zero-order valence-corrected chi connectivity index (χ0v) is 17.8. The number of carbonyl (C=O) groups excluding carboxylic acids is 1. The number of hydrogen-bond acceptors (Lipinski definition) is 5. The second-order valence-electron chi connectivity index (χ2n) is 7.06. The standard InChI is InChI=1S/C20H23N3O3S2/c1-22(2)11-12-23(19(24)13-15-7-5-4-6-8-15)20-21-17-10-9-16(28(3,25)26)14-18(17)27-20/h4-10,14H,11-13H2,1-3H3/p+1. The Morgan fingerprint density at radius 3 is 2.50 bits per heavy atom. The van der Waals surface area contributed by atoms with E-state index in [0.29, 0.717) is 23.6 Å². The molecule has 0 aliphatic rings. The van der Waals surface area contributed by atoms with Crippen LogP contribution in [0.25, 0.3) is 10.2 Å². The molecule has 1 aromatic heterocycles. The van der Waals surface area contributed by atoms with E-state index in [2.05, 4.69) is 4.98 Å². The number of amides is 1. The van der Waals surface area contributed by atoms with Crippen LogP contribution in [-0.4, -0.2) is 52.7 Å². The van der Waals surface area contributed by atoms with Crippen LogP contribution in [0.15, 0.2) is 53.4 Å². The van der Waals surface area contributed by atoms with Gasteiger partial charge in [0.05, 0.1) is 48.7 Å². The van der Waals surface area contributed by atoms with Gasteiger partial charge in [-0.05, 0) is 23.8 Å². The lowest BCUT2D eigenvalue weighted by atomic mass is 10.1. The minimum absolute atomic E-state index is 0.0187. The molecule has 2 aromatic carbocycles. The van der Waals surface area contributed by atoms with Crippen molar-refractivity contribution in [1.82, 2.24) is 4.98 Å². The number of likely N-dealkylation sites (N-methyl/N-ethyl adjacent to an activating group) is 1. The van der Waals surface area contributed by atoms with Crippen LogP contribution in [-0.2, 0) is 21.1 Å². The summed E-state index contributed by atoms with van der Waals surface area (Å²) < 4.78 is 24.4. The number of quaternary nitrogens is 1. The molecule has 0 saturated carbocycles. The molecule has 3 aromatic rings. The summed E-state index contributed by atoms with van der Waals surface area (Å²) >= 11 is 1.35. The second kappa shape index (κ2) is 8.38. The van der Waals surface area contributed by atoms with Gasteiger partial charge in [-0.2, -0.15) is 0 Å². The third-order valence-corrected chi connectivity index (χ3v) is 6.49. The fraction of sp³-hybridized carbons (Fsp3) is 0.300. The summed E-state index contributed by atoms with van der Waals surface area (Å²) in [5.41, 5.74) is 1.65. The van der Waals surface area contributed by atoms with E-state index in [1.54, 1.807) is 23.1 Å². The van der Waals surface area contributed by atoms with Gasteiger partial charge in [0, 0.05) is 6.26 Å². The molecule has 1 N–H and O–H groups in total. The number of sulfone groups is 1. The summed E-state index contributed by atoms with van der Waals surface area (Å²) in [5, 5.41) is 0.600. The fourth-order valence-corrected chi connectivity index (χ4v) is 4.54. The number of anilines is 1. The maximum atomic E-state index is 13.0. The van der Waals surface area contributed by atoms with E-state index >= 15 is 0 Å². The van der Waals surface area contributed by atoms with E-state index in [0.717, 1.165) is 16.8 Å². The van der Waals surface area contributed by atoms with Crippen LogP contribution in [0, 0.1) is 0 Å². The Hall–Kier alpha value is -2.29. The van der Waals surface area contributed by atoms with Gasteiger partial charge in [0.25, 0.3) is 0 Å². The lowest BCUT2D eigenvalue weighted by Crippen LogP contribution is -3.06. The smallest absolute Gasteiger partial charge is 0.233 e. The predicted octanol–water partition coefficient (Wildman–Crippen LogP) is 1.42. The summed E-state index contributed by atoms with van der Waals surface area (Å²) in [6.45, 7) is 1.33. The number of nitrogens with one attached hydrogen (secondary N) is 1. The molecular weight excluding hydrogens is 394 g/mol. The number of hydrogen-bond donors (Lipinski definition) is 1. The second-order valence-corrected chi connectivity index (χ2v) is 10.1. The molecule has 0 fully saturated rings. The molecule has 0 atom stereocenters. The van der Waals surface area contributed by atoms with Crippen LogP contribution < -0.4 is 9.80 Å². The molecule has 0 saturated heterocycles. The number of nitrogens with zero attached hydrogens (tertiary/aromatic N) is 2. The van der Waals surface area contributed by atoms with Crippen molar-refractivity contribution in [2.24, 2.45) is 0 Å². The molecule has 0 spiro atoms. The first kappa shape index (κ1) is 20.4. The van der Waals surface area contributed by atoms with E-state index in [9.17, 15) is 13.2 Å². The van der Waals surface area contributed by atoms with Gasteiger partial charge in [0.15, 0.2) is 15.0 Å². The third-order valence-electron chi connectivity index (χ3n) is 4.34. The summed E-state index contributed by atoms with van der Waals surface area (Å²) in [5.74, 6) is -0.0187. The Bertz CT molecular complexity index is 1080. The monoisotopic (exact) mass is 418 g/mol.